The summed E-state index contributed by atoms with van der Waals surface area (Å²) in [6.45, 7) is 12.0. The van der Waals surface area contributed by atoms with Gasteiger partial charge in [-0.15, -0.1) is 0 Å². The van der Waals surface area contributed by atoms with Crippen LogP contribution >= 0.6 is 0 Å². The maximum Gasteiger partial charge on any atom is 0.303 e. The van der Waals surface area contributed by atoms with Crippen LogP contribution in [-0.4, -0.2) is 49.2 Å². The number of carbonyl (C=O) groups is 4. The minimum absolute atomic E-state index is 0.0572. The van der Waals surface area contributed by atoms with Crippen molar-refractivity contribution >= 4 is 47.7 Å². The predicted molar refractivity (Wildman–Crippen MR) is 167 cm³/mol. The van der Waals surface area contributed by atoms with Gasteiger partial charge < -0.3 is 25.1 Å². The van der Waals surface area contributed by atoms with Gasteiger partial charge in [-0.25, -0.2) is 4.99 Å². The molecule has 2 aromatic heterocycles. The summed E-state index contributed by atoms with van der Waals surface area (Å²) in [4.78, 5) is 55.9. The fourth-order valence-electron chi connectivity index (χ4n) is 6.39. The number of carbonyl (C=O) groups excluding carboxylic acids is 2. The summed E-state index contributed by atoms with van der Waals surface area (Å²) in [6.07, 6.45) is 9.01. The van der Waals surface area contributed by atoms with E-state index in [1.807, 2.05) is 39.0 Å². The van der Waals surface area contributed by atoms with Crippen molar-refractivity contribution in [3.63, 3.8) is 0 Å². The molecule has 0 atom stereocenters. The van der Waals surface area contributed by atoms with Crippen LogP contribution in [0, 0.1) is 13.8 Å². The number of aromatic amines is 1. The van der Waals surface area contributed by atoms with Crippen LogP contribution < -0.4 is 16.0 Å². The molecule has 3 aliphatic heterocycles. The maximum absolute atomic E-state index is 12.5. The smallest absolute Gasteiger partial charge is 0.303 e. The van der Waals surface area contributed by atoms with E-state index in [1.165, 1.54) is 0 Å². The third kappa shape index (κ3) is 5.43. The number of aliphatic carboxylic acids is 2. The quantitative estimate of drug-likeness (QED) is 0.331. The van der Waals surface area contributed by atoms with E-state index in [0.29, 0.717) is 54.1 Å². The van der Waals surface area contributed by atoms with Crippen LogP contribution in [0.25, 0.3) is 18.2 Å². The van der Waals surface area contributed by atoms with Gasteiger partial charge in [0.2, 0.25) is 0 Å². The highest BCUT2D eigenvalue weighted by Crippen LogP contribution is 2.28. The Bertz CT molecular complexity index is 1910. The molecule has 3 aliphatic rings. The van der Waals surface area contributed by atoms with Gasteiger partial charge in [-0.2, -0.15) is 0 Å². The van der Waals surface area contributed by atoms with Crippen molar-refractivity contribution in [2.24, 2.45) is 4.99 Å². The number of amides is 2. The molecular formula is C34H36N4O6. The molecule has 0 unspecified atom stereocenters. The largest absolute Gasteiger partial charge is 0.481 e. The molecule has 228 valence electrons. The topological polar surface area (TPSA) is 154 Å². The number of rotatable bonds is 10. The highest BCUT2D eigenvalue weighted by Gasteiger charge is 2.27. The van der Waals surface area contributed by atoms with Crippen molar-refractivity contribution in [1.82, 2.24) is 14.9 Å². The SMILES string of the molecule is C=CC1=C(C)C(=O)N/C1=C\c1[nH]c(/C=c2\c(CCC(=O)O)c(C)c3n2CCC2=C(CC)C(=O)N=C2C=3)c(CCC(=O)O)c1C. The highest BCUT2D eigenvalue weighted by molar-refractivity contribution is 6.31. The molecule has 4 N–H and O–H groups in total. The Morgan fingerprint density at radius 3 is 2.34 bits per heavy atom. The first-order valence-electron chi connectivity index (χ1n) is 14.7. The van der Waals surface area contributed by atoms with E-state index in [0.717, 1.165) is 49.8 Å². The molecule has 0 saturated heterocycles. The Balaban J connectivity index is 1.74. The van der Waals surface area contributed by atoms with Gasteiger partial charge in [0.25, 0.3) is 11.8 Å². The van der Waals surface area contributed by atoms with Gasteiger partial charge >= 0.3 is 11.9 Å². The molecule has 0 aromatic carbocycles. The van der Waals surface area contributed by atoms with E-state index in [-0.39, 0.29) is 31.1 Å². The number of aromatic nitrogens is 2. The Kier molecular flexibility index (Phi) is 8.27. The third-order valence-corrected chi connectivity index (χ3v) is 8.78. The minimum Gasteiger partial charge on any atom is -0.481 e. The third-order valence-electron chi connectivity index (χ3n) is 8.78. The molecule has 0 fully saturated rings. The van der Waals surface area contributed by atoms with Crippen LogP contribution in [0.3, 0.4) is 0 Å². The van der Waals surface area contributed by atoms with Crippen molar-refractivity contribution in [1.29, 1.82) is 0 Å². The van der Waals surface area contributed by atoms with Gasteiger partial charge in [0.1, 0.15) is 0 Å². The number of hydrogen-bond acceptors (Lipinski definition) is 4. The fraction of sp³-hybridized carbons (Fsp3) is 0.324. The van der Waals surface area contributed by atoms with Gasteiger partial charge in [-0.1, -0.05) is 19.6 Å². The molecule has 10 nitrogen and oxygen atoms in total. The summed E-state index contributed by atoms with van der Waals surface area (Å²) in [5.74, 6) is -2.22. The Morgan fingerprint density at radius 2 is 1.70 bits per heavy atom. The maximum atomic E-state index is 12.5. The number of carboxylic acids is 2. The predicted octanol–water partition coefficient (Wildman–Crippen LogP) is 3.14. The fourth-order valence-corrected chi connectivity index (χ4v) is 6.39. The number of H-pyrrole nitrogens is 1. The lowest BCUT2D eigenvalue weighted by Crippen LogP contribution is -2.28. The Hall–Kier alpha value is -4.99. The van der Waals surface area contributed by atoms with Crippen LogP contribution in [0.2, 0.25) is 0 Å². The minimum atomic E-state index is -0.918. The Labute approximate surface area is 254 Å². The first-order valence-corrected chi connectivity index (χ1v) is 14.7. The molecule has 2 aromatic rings. The van der Waals surface area contributed by atoms with Gasteiger partial charge in [0.15, 0.2) is 0 Å². The molecule has 10 heteroatoms. The summed E-state index contributed by atoms with van der Waals surface area (Å²) in [5.41, 5.74) is 9.11. The van der Waals surface area contributed by atoms with Crippen LogP contribution in [0.15, 0.2) is 45.6 Å². The second-order valence-electron chi connectivity index (χ2n) is 11.3. The number of fused-ring (bicyclic) bond motifs is 2. The van der Waals surface area contributed by atoms with Gasteiger partial charge in [0, 0.05) is 58.2 Å². The van der Waals surface area contributed by atoms with Gasteiger partial charge in [0.05, 0.1) is 11.4 Å². The van der Waals surface area contributed by atoms with Crippen molar-refractivity contribution < 1.29 is 29.4 Å². The Morgan fingerprint density at radius 1 is 1.02 bits per heavy atom. The number of carboxylic acid groups (broad SMARTS) is 2. The zero-order valence-corrected chi connectivity index (χ0v) is 25.4. The molecule has 0 radical (unpaired) electrons. The summed E-state index contributed by atoms with van der Waals surface area (Å²) >= 11 is 0. The van der Waals surface area contributed by atoms with E-state index in [2.05, 4.69) is 26.4 Å². The van der Waals surface area contributed by atoms with E-state index < -0.39 is 11.9 Å². The summed E-state index contributed by atoms with van der Waals surface area (Å²) in [5, 5.41) is 23.6. The normalized spacial score (nSPS) is 17.5. The number of aliphatic imine (C=N–C) groups is 1. The van der Waals surface area contributed by atoms with Crippen molar-refractivity contribution in [3.05, 3.63) is 85.0 Å². The molecule has 5 heterocycles. The van der Waals surface area contributed by atoms with Crippen molar-refractivity contribution in [3.8, 4) is 0 Å². The molecule has 0 aliphatic carbocycles. The molecule has 0 saturated carbocycles. The lowest BCUT2D eigenvalue weighted by Gasteiger charge is -2.07. The van der Waals surface area contributed by atoms with Crippen LogP contribution in [0.1, 0.15) is 73.2 Å². The number of hydrogen-bond donors (Lipinski definition) is 4. The van der Waals surface area contributed by atoms with E-state index in [1.54, 1.807) is 13.0 Å². The first kappa shape index (κ1) is 30.5. The number of nitrogens with one attached hydrogen (secondary N) is 2. The zero-order chi connectivity index (χ0) is 31.9. The highest BCUT2D eigenvalue weighted by atomic mass is 16.4. The average Bonchev–Trinajstić information content (AvgIpc) is 3.56. The molecule has 2 amide bonds. The molecule has 0 spiro atoms. The van der Waals surface area contributed by atoms with Gasteiger partial charge in [-0.3, -0.25) is 19.2 Å². The average molecular weight is 597 g/mol. The molecule has 5 rings (SSSR count). The number of allylic oxidation sites excluding steroid dienone is 2. The molecule has 44 heavy (non-hydrogen) atoms. The molecule has 0 bridgehead atoms. The standard InChI is InChI=1S/C34H36N4O6/c1-6-20-19(5)33(43)36-26(20)14-25-17(3)22(8-10-31(39)40)27(35-25)16-30-23(9-11-32(41)42)18(4)29-15-28-24(12-13-38(29)30)21(7-2)34(44)37-28/h6,14-16,35H,1,7-13H2,2-5H3,(H,36,43)(H,39,40)(H,41,42)/b26-14-,30-16+. The first-order chi connectivity index (χ1) is 20.9. The van der Waals surface area contributed by atoms with E-state index in [4.69, 9.17) is 0 Å². The lowest BCUT2D eigenvalue weighted by molar-refractivity contribution is -0.138. The lowest BCUT2D eigenvalue weighted by atomic mass is 10.00. The monoisotopic (exact) mass is 596 g/mol. The second-order valence-corrected chi connectivity index (χ2v) is 11.3. The van der Waals surface area contributed by atoms with Crippen LogP contribution in [0.5, 0.6) is 0 Å². The van der Waals surface area contributed by atoms with E-state index >= 15 is 0 Å². The van der Waals surface area contributed by atoms with Crippen molar-refractivity contribution in [2.75, 3.05) is 0 Å². The van der Waals surface area contributed by atoms with E-state index in [9.17, 15) is 29.4 Å². The van der Waals surface area contributed by atoms with Crippen LogP contribution in [-0.2, 0) is 38.6 Å². The molecular weight excluding hydrogens is 560 g/mol. The van der Waals surface area contributed by atoms with Crippen molar-refractivity contribution in [2.45, 2.75) is 72.8 Å². The summed E-state index contributed by atoms with van der Waals surface area (Å²) in [7, 11) is 0. The van der Waals surface area contributed by atoms with Crippen LogP contribution in [0.4, 0.5) is 0 Å². The number of nitrogens with zero attached hydrogens (tertiary/aromatic N) is 2. The van der Waals surface area contributed by atoms with Gasteiger partial charge in [-0.05, 0) is 92.5 Å². The second kappa shape index (κ2) is 11.9. The summed E-state index contributed by atoms with van der Waals surface area (Å²) < 4.78 is 2.15. The zero-order valence-electron chi connectivity index (χ0n) is 25.4. The summed E-state index contributed by atoms with van der Waals surface area (Å²) in [6, 6.07) is 0.